The highest BCUT2D eigenvalue weighted by molar-refractivity contribution is 7.18. The van der Waals surface area contributed by atoms with Crippen LogP contribution in [0.25, 0.3) is 10.2 Å². The first kappa shape index (κ1) is 23.0. The molecule has 7 nitrogen and oxygen atoms in total. The van der Waals surface area contributed by atoms with Gasteiger partial charge >= 0.3 is 5.97 Å². The maximum absolute atomic E-state index is 12.2. The van der Waals surface area contributed by atoms with E-state index in [1.54, 1.807) is 17.6 Å². The van der Waals surface area contributed by atoms with Crippen LogP contribution in [-0.2, 0) is 20.7 Å². The van der Waals surface area contributed by atoms with Crippen LogP contribution in [0.3, 0.4) is 0 Å². The highest BCUT2D eigenvalue weighted by atomic mass is 32.1. The third kappa shape index (κ3) is 6.63. The molecule has 1 aromatic carbocycles. The fourth-order valence-electron chi connectivity index (χ4n) is 3.45. The minimum atomic E-state index is -0.373. The summed E-state index contributed by atoms with van der Waals surface area (Å²) in [6.07, 6.45) is 3.25. The fourth-order valence-corrected chi connectivity index (χ4v) is 4.45. The Kier molecular flexibility index (Phi) is 8.61. The topological polar surface area (TPSA) is 84.7 Å². The van der Waals surface area contributed by atoms with Crippen molar-refractivity contribution >= 4 is 33.4 Å². The molecule has 0 fully saturated rings. The molecule has 0 spiro atoms. The van der Waals surface area contributed by atoms with E-state index in [4.69, 9.17) is 9.15 Å². The summed E-state index contributed by atoms with van der Waals surface area (Å²) in [7, 11) is 0. The van der Waals surface area contributed by atoms with Crippen molar-refractivity contribution in [3.05, 3.63) is 53.4 Å². The molecule has 3 rings (SSSR count). The number of thiazole rings is 1. The summed E-state index contributed by atoms with van der Waals surface area (Å²) in [5.74, 6) is 0.113. The van der Waals surface area contributed by atoms with Gasteiger partial charge in [0, 0.05) is 13.0 Å². The minimum Gasteiger partial charge on any atom is -0.468 e. The van der Waals surface area contributed by atoms with Gasteiger partial charge in [0.05, 0.1) is 27.5 Å². The number of rotatable bonds is 12. The molecule has 0 saturated carbocycles. The van der Waals surface area contributed by atoms with Gasteiger partial charge in [0.1, 0.15) is 5.76 Å². The number of benzene rings is 1. The number of hydrogen-bond donors (Lipinski definition) is 1. The number of esters is 1. The highest BCUT2D eigenvalue weighted by Gasteiger charge is 2.21. The Balaban J connectivity index is 1.37. The number of fused-ring (bicyclic) bond motifs is 1. The van der Waals surface area contributed by atoms with E-state index in [1.165, 1.54) is 0 Å². The second-order valence-electron chi connectivity index (χ2n) is 7.15. The molecular formula is C23H29N3O4S. The summed E-state index contributed by atoms with van der Waals surface area (Å²) >= 11 is 1.64. The van der Waals surface area contributed by atoms with Gasteiger partial charge in [-0.2, -0.15) is 0 Å². The van der Waals surface area contributed by atoms with Crippen LogP contribution in [0.5, 0.6) is 0 Å². The quantitative estimate of drug-likeness (QED) is 0.427. The first-order valence-corrected chi connectivity index (χ1v) is 11.5. The van der Waals surface area contributed by atoms with Gasteiger partial charge in [-0.05, 0) is 50.2 Å². The molecule has 0 aliphatic carbocycles. The van der Waals surface area contributed by atoms with Crippen LogP contribution in [0.2, 0.25) is 0 Å². The van der Waals surface area contributed by atoms with Gasteiger partial charge in [0.15, 0.2) is 6.61 Å². The fraction of sp³-hybridized carbons (Fsp3) is 0.435. The summed E-state index contributed by atoms with van der Waals surface area (Å²) < 4.78 is 11.8. The van der Waals surface area contributed by atoms with Crippen molar-refractivity contribution in [3.8, 4) is 0 Å². The number of likely N-dealkylation sites (N-methyl/N-ethyl adjacent to an activating group) is 1. The Bertz CT molecular complexity index is 933. The van der Waals surface area contributed by atoms with Crippen LogP contribution < -0.4 is 5.32 Å². The van der Waals surface area contributed by atoms with E-state index in [2.05, 4.69) is 29.0 Å². The van der Waals surface area contributed by atoms with Gasteiger partial charge in [0.2, 0.25) is 0 Å². The summed E-state index contributed by atoms with van der Waals surface area (Å²) in [5, 5.41) is 3.85. The second-order valence-corrected chi connectivity index (χ2v) is 8.26. The zero-order valence-corrected chi connectivity index (χ0v) is 18.8. The number of nitrogens with one attached hydrogen (secondary N) is 1. The van der Waals surface area contributed by atoms with Crippen LogP contribution in [-0.4, -0.2) is 48.0 Å². The molecule has 0 bridgehead atoms. The molecule has 0 unspecified atom stereocenters. The molecule has 0 aliphatic rings. The number of para-hydroxylation sites is 1. The average Bonchev–Trinajstić information content (AvgIpc) is 3.44. The number of carbonyl (C=O) groups is 2. The lowest BCUT2D eigenvalue weighted by Crippen LogP contribution is -2.39. The van der Waals surface area contributed by atoms with Gasteiger partial charge < -0.3 is 14.5 Å². The number of furan rings is 1. The molecule has 0 radical (unpaired) electrons. The Hall–Kier alpha value is -2.71. The molecule has 2 aromatic heterocycles. The maximum Gasteiger partial charge on any atom is 0.306 e. The third-order valence-electron chi connectivity index (χ3n) is 5.09. The number of amides is 1. The van der Waals surface area contributed by atoms with E-state index in [0.29, 0.717) is 13.0 Å². The summed E-state index contributed by atoms with van der Waals surface area (Å²) in [5.41, 5.74) is 0.985. The smallest absolute Gasteiger partial charge is 0.306 e. The molecule has 166 valence electrons. The number of nitrogens with zero attached hydrogens (tertiary/aromatic N) is 2. The van der Waals surface area contributed by atoms with E-state index >= 15 is 0 Å². The van der Waals surface area contributed by atoms with Crippen LogP contribution >= 0.6 is 11.3 Å². The van der Waals surface area contributed by atoms with Crippen molar-refractivity contribution in [1.82, 2.24) is 15.2 Å². The lowest BCUT2D eigenvalue weighted by Gasteiger charge is -2.28. The molecule has 2 heterocycles. The molecular weight excluding hydrogens is 414 g/mol. The molecule has 1 amide bonds. The SMILES string of the molecule is CCN(CC)[C@@H](CNC(=O)COC(=O)CCCc1nc2ccccc2s1)c1ccco1. The third-order valence-corrected chi connectivity index (χ3v) is 6.19. The van der Waals surface area contributed by atoms with Gasteiger partial charge in [0.25, 0.3) is 5.91 Å². The maximum atomic E-state index is 12.2. The number of aromatic nitrogens is 1. The Morgan fingerprint density at radius 1 is 1.19 bits per heavy atom. The number of hydrogen-bond acceptors (Lipinski definition) is 7. The molecule has 0 saturated heterocycles. The van der Waals surface area contributed by atoms with Crippen LogP contribution in [0, 0.1) is 0 Å². The van der Waals surface area contributed by atoms with Crippen LogP contribution in [0.1, 0.15) is 43.5 Å². The molecule has 1 atom stereocenters. The Morgan fingerprint density at radius 2 is 2.00 bits per heavy atom. The normalized spacial score (nSPS) is 12.2. The number of ether oxygens (including phenoxy) is 1. The monoisotopic (exact) mass is 443 g/mol. The van der Waals surface area contributed by atoms with Gasteiger partial charge in [-0.1, -0.05) is 26.0 Å². The summed E-state index contributed by atoms with van der Waals surface area (Å²) in [6, 6.07) is 11.7. The molecule has 31 heavy (non-hydrogen) atoms. The predicted molar refractivity (Wildman–Crippen MR) is 121 cm³/mol. The van der Waals surface area contributed by atoms with Crippen molar-refractivity contribution < 1.29 is 18.7 Å². The standard InChI is InChI=1S/C23H29N3O4S/c1-3-26(4-2)18(19-10-8-14-29-19)15-24-21(27)16-30-23(28)13-7-12-22-25-17-9-5-6-11-20(17)31-22/h5-6,8-11,14,18H,3-4,7,12-13,15-16H2,1-2H3,(H,24,27)/t18-/m0/s1. The zero-order chi connectivity index (χ0) is 22.1. The van der Waals surface area contributed by atoms with Crippen molar-refractivity contribution in [1.29, 1.82) is 0 Å². The minimum absolute atomic E-state index is 0.0570. The van der Waals surface area contributed by atoms with Crippen LogP contribution in [0.15, 0.2) is 47.1 Å². The number of aryl methyl sites for hydroxylation is 1. The average molecular weight is 444 g/mol. The van der Waals surface area contributed by atoms with Gasteiger partial charge in [-0.25, -0.2) is 4.98 Å². The molecule has 8 heteroatoms. The van der Waals surface area contributed by atoms with Crippen LogP contribution in [0.4, 0.5) is 0 Å². The van der Waals surface area contributed by atoms with Crippen molar-refractivity contribution in [2.45, 2.75) is 39.2 Å². The van der Waals surface area contributed by atoms with Crippen molar-refractivity contribution in [3.63, 3.8) is 0 Å². The van der Waals surface area contributed by atoms with E-state index in [9.17, 15) is 9.59 Å². The Morgan fingerprint density at radius 3 is 2.71 bits per heavy atom. The lowest BCUT2D eigenvalue weighted by molar-refractivity contribution is -0.148. The molecule has 1 N–H and O–H groups in total. The van der Waals surface area contributed by atoms with Crippen molar-refractivity contribution in [2.75, 3.05) is 26.2 Å². The number of carbonyl (C=O) groups excluding carboxylic acids is 2. The van der Waals surface area contributed by atoms with Gasteiger partial charge in [-0.3, -0.25) is 14.5 Å². The second kappa shape index (κ2) is 11.6. The van der Waals surface area contributed by atoms with E-state index in [-0.39, 0.29) is 30.9 Å². The Labute approximate surface area is 186 Å². The van der Waals surface area contributed by atoms with E-state index in [0.717, 1.165) is 40.5 Å². The van der Waals surface area contributed by atoms with E-state index in [1.807, 2.05) is 36.4 Å². The first-order valence-electron chi connectivity index (χ1n) is 10.6. The predicted octanol–water partition coefficient (Wildman–Crippen LogP) is 3.95. The summed E-state index contributed by atoms with van der Waals surface area (Å²) in [4.78, 5) is 30.9. The molecule has 3 aromatic rings. The highest BCUT2D eigenvalue weighted by Crippen LogP contribution is 2.23. The summed E-state index contributed by atoms with van der Waals surface area (Å²) in [6.45, 7) is 5.92. The first-order chi connectivity index (χ1) is 15.1. The van der Waals surface area contributed by atoms with Crippen molar-refractivity contribution in [2.24, 2.45) is 0 Å². The zero-order valence-electron chi connectivity index (χ0n) is 18.0. The van der Waals surface area contributed by atoms with E-state index < -0.39 is 0 Å². The molecule has 0 aliphatic heterocycles. The largest absolute Gasteiger partial charge is 0.468 e. The van der Waals surface area contributed by atoms with Gasteiger partial charge in [-0.15, -0.1) is 11.3 Å². The lowest BCUT2D eigenvalue weighted by atomic mass is 10.2.